The number of methoxy groups -OCH3 is 2. The van der Waals surface area contributed by atoms with Crippen molar-refractivity contribution < 1.29 is 28.2 Å². The molecule has 0 radical (unpaired) electrons. The molecule has 38 heavy (non-hydrogen) atoms. The number of ether oxygens (including phenoxy) is 3. The van der Waals surface area contributed by atoms with Crippen LogP contribution in [0.4, 0.5) is 10.1 Å². The molecule has 0 saturated heterocycles. The van der Waals surface area contributed by atoms with Crippen molar-refractivity contribution in [2.75, 3.05) is 32.7 Å². The van der Waals surface area contributed by atoms with Crippen LogP contribution in [-0.2, 0) is 25.5 Å². The first-order valence-electron chi connectivity index (χ1n) is 12.1. The van der Waals surface area contributed by atoms with Crippen LogP contribution >= 0.6 is 0 Å². The van der Waals surface area contributed by atoms with Crippen molar-refractivity contribution in [2.45, 2.75) is 20.3 Å². The fourth-order valence-electron chi connectivity index (χ4n) is 3.57. The number of anilines is 1. The van der Waals surface area contributed by atoms with Crippen LogP contribution in [0.25, 0.3) is 0 Å². The van der Waals surface area contributed by atoms with E-state index >= 15 is 0 Å². The normalized spacial score (nSPS) is 16.0. The molecule has 0 saturated carbocycles. The van der Waals surface area contributed by atoms with E-state index in [1.165, 1.54) is 12.1 Å². The monoisotopic (exact) mass is 521 g/mol. The molecule has 2 aromatic rings. The van der Waals surface area contributed by atoms with Crippen molar-refractivity contribution in [2.24, 2.45) is 10.9 Å². The van der Waals surface area contributed by atoms with Crippen LogP contribution in [0.15, 0.2) is 83.4 Å². The van der Waals surface area contributed by atoms with E-state index in [4.69, 9.17) is 14.2 Å². The third kappa shape index (κ3) is 8.06. The van der Waals surface area contributed by atoms with Crippen molar-refractivity contribution in [3.8, 4) is 5.75 Å². The van der Waals surface area contributed by atoms with E-state index in [2.05, 4.69) is 15.6 Å². The molecule has 2 N–H and O–H groups in total. The molecule has 0 aliphatic heterocycles. The lowest BCUT2D eigenvalue weighted by atomic mass is 9.98. The predicted octanol–water partition coefficient (Wildman–Crippen LogP) is 4.48. The van der Waals surface area contributed by atoms with Gasteiger partial charge in [-0.1, -0.05) is 36.8 Å². The van der Waals surface area contributed by atoms with E-state index < -0.39 is 17.6 Å². The Kier molecular flexibility index (Phi) is 10.2. The first-order valence-corrected chi connectivity index (χ1v) is 12.1. The predicted molar refractivity (Wildman–Crippen MR) is 144 cm³/mol. The maximum atomic E-state index is 14.5. The Hall–Kier alpha value is -4.40. The summed E-state index contributed by atoms with van der Waals surface area (Å²) in [6.07, 6.45) is 7.52. The molecule has 2 amide bonds. The number of rotatable bonds is 10. The van der Waals surface area contributed by atoms with E-state index in [0.717, 1.165) is 22.9 Å². The van der Waals surface area contributed by atoms with Crippen molar-refractivity contribution in [1.82, 2.24) is 5.32 Å². The van der Waals surface area contributed by atoms with E-state index in [0.29, 0.717) is 24.5 Å². The molecule has 1 unspecified atom stereocenters. The molecule has 2 aromatic carbocycles. The minimum atomic E-state index is -0.876. The first kappa shape index (κ1) is 28.2. The second-order valence-corrected chi connectivity index (χ2v) is 8.58. The van der Waals surface area contributed by atoms with Crippen LogP contribution in [0.1, 0.15) is 18.1 Å². The fourth-order valence-corrected chi connectivity index (χ4v) is 3.57. The zero-order chi connectivity index (χ0) is 27.5. The molecule has 3 rings (SSSR count). The van der Waals surface area contributed by atoms with Gasteiger partial charge in [-0.3, -0.25) is 14.6 Å². The van der Waals surface area contributed by atoms with Crippen LogP contribution in [-0.4, -0.2) is 44.9 Å². The van der Waals surface area contributed by atoms with Crippen molar-refractivity contribution in [3.63, 3.8) is 0 Å². The number of carbonyl (C=O) groups excluding carboxylic acids is 2. The number of hydrogen-bond donors (Lipinski definition) is 2. The summed E-state index contributed by atoms with van der Waals surface area (Å²) >= 11 is 0. The quantitative estimate of drug-likeness (QED) is 0.450. The van der Waals surface area contributed by atoms with Crippen LogP contribution in [0.5, 0.6) is 5.75 Å². The first-order chi connectivity index (χ1) is 18.3. The average molecular weight is 522 g/mol. The number of benzene rings is 2. The fraction of sp³-hybridized carbons (Fsp3) is 0.276. The van der Waals surface area contributed by atoms with Crippen LogP contribution in [0.2, 0.25) is 0 Å². The molecule has 1 aliphatic rings. The van der Waals surface area contributed by atoms with Gasteiger partial charge in [0.25, 0.3) is 0 Å². The van der Waals surface area contributed by atoms with Gasteiger partial charge in [0.1, 0.15) is 6.61 Å². The molecule has 200 valence electrons. The Morgan fingerprint density at radius 2 is 1.79 bits per heavy atom. The number of nitrogens with one attached hydrogen (secondary N) is 2. The highest BCUT2D eigenvalue weighted by molar-refractivity contribution is 6.39. The number of aliphatic imine (C=N–C) groups is 1. The summed E-state index contributed by atoms with van der Waals surface area (Å²) in [5, 5.41) is 4.95. The van der Waals surface area contributed by atoms with Gasteiger partial charge in [0, 0.05) is 36.5 Å². The SMILES string of the molecule is COC1=CC(=N/C=C\COc2ccc(NC(=O)C(=O)NCCc3ccc(C)cc3)cc2F)C(C)C=C1OC. The number of halogens is 1. The Labute approximate surface area is 221 Å². The molecule has 0 aromatic heterocycles. The molecular weight excluding hydrogens is 489 g/mol. The highest BCUT2D eigenvalue weighted by Gasteiger charge is 2.19. The lowest BCUT2D eigenvalue weighted by Gasteiger charge is -2.18. The van der Waals surface area contributed by atoms with Gasteiger partial charge in [-0.2, -0.15) is 0 Å². The summed E-state index contributed by atoms with van der Waals surface area (Å²) in [5.74, 6) is -1.07. The Bertz CT molecular complexity index is 1270. The molecule has 8 nitrogen and oxygen atoms in total. The number of hydrogen-bond acceptors (Lipinski definition) is 6. The molecule has 9 heteroatoms. The van der Waals surface area contributed by atoms with E-state index in [9.17, 15) is 14.0 Å². The number of aryl methyl sites for hydroxylation is 1. The zero-order valence-electron chi connectivity index (χ0n) is 21.9. The molecule has 0 bridgehead atoms. The van der Waals surface area contributed by atoms with E-state index in [-0.39, 0.29) is 24.0 Å². The lowest BCUT2D eigenvalue weighted by Crippen LogP contribution is -2.36. The zero-order valence-corrected chi connectivity index (χ0v) is 21.9. The maximum absolute atomic E-state index is 14.5. The summed E-state index contributed by atoms with van der Waals surface area (Å²) < 4.78 is 30.5. The second-order valence-electron chi connectivity index (χ2n) is 8.58. The van der Waals surface area contributed by atoms with Gasteiger partial charge < -0.3 is 24.8 Å². The number of carbonyl (C=O) groups is 2. The van der Waals surface area contributed by atoms with Crippen LogP contribution < -0.4 is 15.4 Å². The number of nitrogens with zero attached hydrogens (tertiary/aromatic N) is 1. The minimum absolute atomic E-state index is 0.00289. The van der Waals surface area contributed by atoms with Crippen molar-refractivity contribution in [1.29, 1.82) is 0 Å². The standard InChI is InChI=1S/C29H32FN3O5/c1-19-6-8-21(9-7-19)12-14-32-28(34)29(35)33-22-10-11-25(23(30)17-22)38-15-5-13-31-24-18-27(37-4)26(36-3)16-20(24)2/h5-11,13,16-18,20H,12,14-15H2,1-4H3,(H,32,34)(H,33,35)/b13-5-,31-24?. The molecule has 1 atom stereocenters. The Balaban J connectivity index is 1.46. The second kappa shape index (κ2) is 13.8. The Morgan fingerprint density at radius 1 is 1.05 bits per heavy atom. The van der Waals surface area contributed by atoms with Gasteiger partial charge in [0.15, 0.2) is 23.1 Å². The van der Waals surface area contributed by atoms with Gasteiger partial charge in [-0.05, 0) is 43.2 Å². The lowest BCUT2D eigenvalue weighted by molar-refractivity contribution is -0.136. The smallest absolute Gasteiger partial charge is 0.313 e. The number of allylic oxidation sites excluding steroid dienone is 2. The van der Waals surface area contributed by atoms with Crippen molar-refractivity contribution in [3.05, 3.63) is 95.4 Å². The van der Waals surface area contributed by atoms with E-state index in [1.807, 2.05) is 44.2 Å². The van der Waals surface area contributed by atoms with Crippen LogP contribution in [0.3, 0.4) is 0 Å². The summed E-state index contributed by atoms with van der Waals surface area (Å²) in [4.78, 5) is 28.6. The summed E-state index contributed by atoms with van der Waals surface area (Å²) in [6, 6.07) is 11.8. The summed E-state index contributed by atoms with van der Waals surface area (Å²) in [7, 11) is 3.14. The van der Waals surface area contributed by atoms with E-state index in [1.54, 1.807) is 32.6 Å². The summed E-state index contributed by atoms with van der Waals surface area (Å²) in [5.41, 5.74) is 3.12. The minimum Gasteiger partial charge on any atom is -0.493 e. The molecule has 1 aliphatic carbocycles. The van der Waals surface area contributed by atoms with Gasteiger partial charge in [0.2, 0.25) is 0 Å². The molecule has 0 fully saturated rings. The third-order valence-electron chi connectivity index (χ3n) is 5.71. The summed E-state index contributed by atoms with van der Waals surface area (Å²) in [6.45, 7) is 4.37. The van der Waals surface area contributed by atoms with Gasteiger partial charge >= 0.3 is 11.8 Å². The maximum Gasteiger partial charge on any atom is 0.313 e. The molecule has 0 spiro atoms. The topological polar surface area (TPSA) is 98.3 Å². The highest BCUT2D eigenvalue weighted by atomic mass is 19.1. The highest BCUT2D eigenvalue weighted by Crippen LogP contribution is 2.23. The van der Waals surface area contributed by atoms with Crippen LogP contribution in [0, 0.1) is 18.7 Å². The van der Waals surface area contributed by atoms with Crippen molar-refractivity contribution >= 4 is 23.2 Å². The number of amides is 2. The Morgan fingerprint density at radius 3 is 2.47 bits per heavy atom. The molecule has 0 heterocycles. The largest absolute Gasteiger partial charge is 0.493 e. The third-order valence-corrected chi connectivity index (χ3v) is 5.71. The van der Waals surface area contributed by atoms with Gasteiger partial charge in [0.05, 0.1) is 19.9 Å². The average Bonchev–Trinajstić information content (AvgIpc) is 2.91. The van der Waals surface area contributed by atoms with Gasteiger partial charge in [-0.25, -0.2) is 4.39 Å². The van der Waals surface area contributed by atoms with Gasteiger partial charge in [-0.15, -0.1) is 0 Å². The molecular formula is C29H32FN3O5.